The van der Waals surface area contributed by atoms with Crippen LogP contribution >= 0.6 is 11.6 Å². The summed E-state index contributed by atoms with van der Waals surface area (Å²) in [7, 11) is 0. The van der Waals surface area contributed by atoms with Crippen molar-refractivity contribution in [1.82, 2.24) is 9.78 Å². The Morgan fingerprint density at radius 1 is 1.05 bits per heavy atom. The van der Waals surface area contributed by atoms with E-state index in [1.807, 2.05) is 71.7 Å². The van der Waals surface area contributed by atoms with E-state index in [0.717, 1.165) is 21.8 Å². The number of rotatable bonds is 4. The molecule has 3 aromatic rings. The molecule has 4 heteroatoms. The molecule has 2 aromatic carbocycles. The van der Waals surface area contributed by atoms with Crippen LogP contribution in [0, 0.1) is 0 Å². The molecule has 1 unspecified atom stereocenters. The lowest BCUT2D eigenvalue weighted by Crippen LogP contribution is -2.12. The summed E-state index contributed by atoms with van der Waals surface area (Å²) in [4.78, 5) is 0. The molecule has 1 heterocycles. The Bertz CT molecular complexity index is 722. The molecule has 106 valence electrons. The molecule has 3 nitrogen and oxygen atoms in total. The first kappa shape index (κ1) is 13.9. The van der Waals surface area contributed by atoms with Gasteiger partial charge in [0.1, 0.15) is 0 Å². The summed E-state index contributed by atoms with van der Waals surface area (Å²) in [5, 5.41) is 5.13. The predicted molar refractivity (Wildman–Crippen MR) is 85.6 cm³/mol. The maximum Gasteiger partial charge on any atom is 0.0645 e. The van der Waals surface area contributed by atoms with Crippen molar-refractivity contribution >= 4 is 11.6 Å². The Morgan fingerprint density at radius 2 is 1.76 bits per heavy atom. The van der Waals surface area contributed by atoms with E-state index in [1.54, 1.807) is 0 Å². The van der Waals surface area contributed by atoms with Crippen LogP contribution in [0.5, 0.6) is 0 Å². The molecule has 1 aromatic heterocycles. The van der Waals surface area contributed by atoms with Crippen LogP contribution in [-0.4, -0.2) is 9.78 Å². The first-order valence-corrected chi connectivity index (χ1v) is 7.21. The Balaban J connectivity index is 1.79. The minimum Gasteiger partial charge on any atom is -0.324 e. The van der Waals surface area contributed by atoms with Crippen molar-refractivity contribution in [1.29, 1.82) is 0 Å². The van der Waals surface area contributed by atoms with Gasteiger partial charge in [-0.05, 0) is 30.2 Å². The van der Waals surface area contributed by atoms with E-state index in [2.05, 4.69) is 5.10 Å². The van der Waals surface area contributed by atoms with Gasteiger partial charge in [-0.15, -0.1) is 0 Å². The van der Waals surface area contributed by atoms with Gasteiger partial charge >= 0.3 is 0 Å². The fraction of sp³-hybridized carbons (Fsp3) is 0.118. The van der Waals surface area contributed by atoms with Gasteiger partial charge in [0, 0.05) is 22.8 Å². The van der Waals surface area contributed by atoms with Gasteiger partial charge in [0.25, 0.3) is 0 Å². The summed E-state index contributed by atoms with van der Waals surface area (Å²) in [5.74, 6) is 0. The van der Waals surface area contributed by atoms with Crippen LogP contribution in [0.4, 0.5) is 0 Å². The SMILES string of the molecule is NC(Cc1ccccc1Cl)c1cnn(-c2ccccc2)c1. The summed E-state index contributed by atoms with van der Waals surface area (Å²) >= 11 is 6.18. The van der Waals surface area contributed by atoms with Gasteiger partial charge < -0.3 is 5.73 Å². The average Bonchev–Trinajstić information content (AvgIpc) is 3.00. The highest BCUT2D eigenvalue weighted by Gasteiger charge is 2.12. The van der Waals surface area contributed by atoms with Gasteiger partial charge in [0.15, 0.2) is 0 Å². The molecule has 0 spiro atoms. The number of benzene rings is 2. The summed E-state index contributed by atoms with van der Waals surface area (Å²) < 4.78 is 1.84. The molecule has 21 heavy (non-hydrogen) atoms. The second kappa shape index (κ2) is 6.12. The molecule has 0 amide bonds. The minimum atomic E-state index is -0.123. The maximum absolute atomic E-state index is 6.28. The van der Waals surface area contributed by atoms with Gasteiger partial charge in [-0.3, -0.25) is 0 Å². The van der Waals surface area contributed by atoms with Crippen LogP contribution < -0.4 is 5.73 Å². The van der Waals surface area contributed by atoms with Crippen molar-refractivity contribution in [2.45, 2.75) is 12.5 Å². The zero-order valence-corrected chi connectivity index (χ0v) is 12.2. The standard InChI is InChI=1S/C17H16ClN3/c18-16-9-5-4-6-13(16)10-17(19)14-11-20-21(12-14)15-7-2-1-3-8-15/h1-9,11-12,17H,10,19H2. The monoisotopic (exact) mass is 297 g/mol. The summed E-state index contributed by atoms with van der Waals surface area (Å²) in [6, 6.07) is 17.6. The first-order valence-electron chi connectivity index (χ1n) is 6.83. The molecular formula is C17H16ClN3. The largest absolute Gasteiger partial charge is 0.324 e. The molecule has 0 radical (unpaired) electrons. The molecule has 0 saturated carbocycles. The predicted octanol–water partition coefficient (Wildman–Crippen LogP) is 3.77. The number of nitrogens with two attached hydrogens (primary N) is 1. The van der Waals surface area contributed by atoms with Crippen LogP contribution in [0.3, 0.4) is 0 Å². The van der Waals surface area contributed by atoms with Crippen molar-refractivity contribution < 1.29 is 0 Å². The van der Waals surface area contributed by atoms with E-state index < -0.39 is 0 Å². The van der Waals surface area contributed by atoms with Crippen LogP contribution in [-0.2, 0) is 6.42 Å². The molecule has 0 aliphatic rings. The zero-order valence-electron chi connectivity index (χ0n) is 11.5. The first-order chi connectivity index (χ1) is 10.2. The molecule has 3 rings (SSSR count). The maximum atomic E-state index is 6.28. The lowest BCUT2D eigenvalue weighted by atomic mass is 10.0. The lowest BCUT2D eigenvalue weighted by Gasteiger charge is -2.10. The van der Waals surface area contributed by atoms with Gasteiger partial charge in [0.05, 0.1) is 11.9 Å². The van der Waals surface area contributed by atoms with Crippen LogP contribution in [0.1, 0.15) is 17.2 Å². The zero-order chi connectivity index (χ0) is 14.7. The van der Waals surface area contributed by atoms with Gasteiger partial charge in [-0.2, -0.15) is 5.10 Å². The van der Waals surface area contributed by atoms with E-state index in [1.165, 1.54) is 0 Å². The summed E-state index contributed by atoms with van der Waals surface area (Å²) in [6.07, 6.45) is 4.48. The Hall–Kier alpha value is -2.10. The molecule has 2 N–H and O–H groups in total. The molecule has 0 aliphatic heterocycles. The molecule has 1 atom stereocenters. The molecule has 0 saturated heterocycles. The highest BCUT2D eigenvalue weighted by Crippen LogP contribution is 2.22. The van der Waals surface area contributed by atoms with E-state index >= 15 is 0 Å². The number of hydrogen-bond acceptors (Lipinski definition) is 2. The van der Waals surface area contributed by atoms with Crippen molar-refractivity contribution in [3.8, 4) is 5.69 Å². The van der Waals surface area contributed by atoms with Crippen molar-refractivity contribution in [3.63, 3.8) is 0 Å². The van der Waals surface area contributed by atoms with E-state index in [0.29, 0.717) is 6.42 Å². The Morgan fingerprint density at radius 3 is 2.52 bits per heavy atom. The van der Waals surface area contributed by atoms with Crippen molar-refractivity contribution in [2.75, 3.05) is 0 Å². The van der Waals surface area contributed by atoms with Crippen LogP contribution in [0.15, 0.2) is 67.0 Å². The quantitative estimate of drug-likeness (QED) is 0.796. The summed E-state index contributed by atoms with van der Waals surface area (Å²) in [6.45, 7) is 0. The summed E-state index contributed by atoms with van der Waals surface area (Å²) in [5.41, 5.74) is 9.35. The van der Waals surface area contributed by atoms with Crippen molar-refractivity contribution in [3.05, 3.63) is 83.1 Å². The van der Waals surface area contributed by atoms with Gasteiger partial charge in [-0.1, -0.05) is 48.0 Å². The molecule has 0 bridgehead atoms. The third-order valence-electron chi connectivity index (χ3n) is 3.45. The second-order valence-corrected chi connectivity index (χ2v) is 5.36. The highest BCUT2D eigenvalue weighted by molar-refractivity contribution is 6.31. The lowest BCUT2D eigenvalue weighted by molar-refractivity contribution is 0.721. The fourth-order valence-corrected chi connectivity index (χ4v) is 2.48. The normalized spacial score (nSPS) is 12.3. The van der Waals surface area contributed by atoms with Crippen molar-refractivity contribution in [2.24, 2.45) is 5.73 Å². The minimum absolute atomic E-state index is 0.123. The number of hydrogen-bond donors (Lipinski definition) is 1. The van der Waals surface area contributed by atoms with Gasteiger partial charge in [-0.25, -0.2) is 4.68 Å². The fourth-order valence-electron chi connectivity index (χ4n) is 2.27. The number of aromatic nitrogens is 2. The highest BCUT2D eigenvalue weighted by atomic mass is 35.5. The molecule has 0 aliphatic carbocycles. The Labute approximate surface area is 129 Å². The Kier molecular flexibility index (Phi) is 4.04. The molecular weight excluding hydrogens is 282 g/mol. The van der Waals surface area contributed by atoms with E-state index in [-0.39, 0.29) is 6.04 Å². The average molecular weight is 298 g/mol. The number of nitrogens with zero attached hydrogens (tertiary/aromatic N) is 2. The second-order valence-electron chi connectivity index (χ2n) is 4.96. The van der Waals surface area contributed by atoms with Crippen LogP contribution in [0.25, 0.3) is 5.69 Å². The van der Waals surface area contributed by atoms with E-state index in [4.69, 9.17) is 17.3 Å². The smallest absolute Gasteiger partial charge is 0.0645 e. The van der Waals surface area contributed by atoms with Crippen LogP contribution in [0.2, 0.25) is 5.02 Å². The topological polar surface area (TPSA) is 43.8 Å². The number of halogens is 1. The third kappa shape index (κ3) is 3.15. The third-order valence-corrected chi connectivity index (χ3v) is 3.82. The van der Waals surface area contributed by atoms with Gasteiger partial charge in [0.2, 0.25) is 0 Å². The number of para-hydroxylation sites is 1. The molecule has 0 fully saturated rings. The van der Waals surface area contributed by atoms with E-state index in [9.17, 15) is 0 Å².